The third-order valence-corrected chi connectivity index (χ3v) is 1.21. The van der Waals surface area contributed by atoms with Gasteiger partial charge in [-0.25, -0.2) is 9.59 Å². The molecule has 0 aliphatic heterocycles. The largest absolute Gasteiger partial charge is 0.463 e. The van der Waals surface area contributed by atoms with E-state index in [2.05, 4.69) is 4.74 Å². The summed E-state index contributed by atoms with van der Waals surface area (Å²) in [6, 6.07) is 0. The molecular formula is C10H16O4. The summed E-state index contributed by atoms with van der Waals surface area (Å²) in [6.45, 7) is 5.58. The highest BCUT2D eigenvalue weighted by Gasteiger charge is 2.06. The molecule has 0 aliphatic carbocycles. The maximum atomic E-state index is 10.9. The topological polar surface area (TPSA) is 52.6 Å². The first kappa shape index (κ1) is 12.7. The summed E-state index contributed by atoms with van der Waals surface area (Å²) in [5.74, 6) is -0.768. The van der Waals surface area contributed by atoms with Crippen LogP contribution < -0.4 is 0 Å². The summed E-state index contributed by atoms with van der Waals surface area (Å²) in [4.78, 5) is 21.7. The van der Waals surface area contributed by atoms with Gasteiger partial charge in [0, 0.05) is 6.08 Å². The van der Waals surface area contributed by atoms with Crippen molar-refractivity contribution in [2.45, 2.75) is 20.8 Å². The van der Waals surface area contributed by atoms with Crippen LogP contribution >= 0.6 is 0 Å². The minimum atomic E-state index is -0.533. The first-order valence-corrected chi connectivity index (χ1v) is 4.51. The van der Waals surface area contributed by atoms with Gasteiger partial charge in [-0.2, -0.15) is 0 Å². The number of ether oxygens (including phenoxy) is 2. The van der Waals surface area contributed by atoms with Crippen molar-refractivity contribution < 1.29 is 19.1 Å². The highest BCUT2D eigenvalue weighted by Crippen LogP contribution is 1.93. The van der Waals surface area contributed by atoms with Crippen molar-refractivity contribution in [1.29, 1.82) is 0 Å². The third-order valence-electron chi connectivity index (χ3n) is 1.21. The van der Waals surface area contributed by atoms with Gasteiger partial charge in [0.15, 0.2) is 6.61 Å². The molecule has 0 atom stereocenters. The number of esters is 2. The number of rotatable bonds is 5. The lowest BCUT2D eigenvalue weighted by Gasteiger charge is -2.06. The van der Waals surface area contributed by atoms with Gasteiger partial charge in [-0.15, -0.1) is 0 Å². The predicted molar refractivity (Wildman–Crippen MR) is 51.6 cm³/mol. The molecule has 0 N–H and O–H groups in total. The van der Waals surface area contributed by atoms with Crippen molar-refractivity contribution in [2.75, 3.05) is 13.2 Å². The average molecular weight is 200 g/mol. The Morgan fingerprint density at radius 2 is 1.93 bits per heavy atom. The lowest BCUT2D eigenvalue weighted by atomic mass is 10.2. The van der Waals surface area contributed by atoms with Crippen LogP contribution in [0.4, 0.5) is 0 Å². The summed E-state index contributed by atoms with van der Waals surface area (Å²) >= 11 is 0. The van der Waals surface area contributed by atoms with Gasteiger partial charge in [-0.1, -0.05) is 19.9 Å². The van der Waals surface area contributed by atoms with Crippen molar-refractivity contribution in [2.24, 2.45) is 5.92 Å². The van der Waals surface area contributed by atoms with Crippen LogP contribution in [-0.4, -0.2) is 25.2 Å². The Kier molecular flexibility index (Phi) is 6.45. The van der Waals surface area contributed by atoms with Crippen LogP contribution in [-0.2, 0) is 19.1 Å². The molecule has 0 amide bonds. The second-order valence-corrected chi connectivity index (χ2v) is 3.18. The van der Waals surface area contributed by atoms with Gasteiger partial charge in [0.2, 0.25) is 0 Å². The smallest absolute Gasteiger partial charge is 0.344 e. The van der Waals surface area contributed by atoms with Gasteiger partial charge in [0.25, 0.3) is 0 Å². The Labute approximate surface area is 83.9 Å². The Bertz CT molecular complexity index is 218. The first-order chi connectivity index (χ1) is 6.56. The van der Waals surface area contributed by atoms with Crippen LogP contribution in [0.3, 0.4) is 0 Å². The second kappa shape index (κ2) is 7.12. The fourth-order valence-electron chi connectivity index (χ4n) is 0.616. The van der Waals surface area contributed by atoms with Gasteiger partial charge in [-0.3, -0.25) is 0 Å². The van der Waals surface area contributed by atoms with Gasteiger partial charge >= 0.3 is 11.9 Å². The lowest BCUT2D eigenvalue weighted by molar-refractivity contribution is -0.156. The number of carbonyl (C=O) groups excluding carboxylic acids is 2. The predicted octanol–water partition coefficient (Wildman–Crippen LogP) is 1.30. The van der Waals surface area contributed by atoms with E-state index in [0.717, 1.165) is 0 Å². The van der Waals surface area contributed by atoms with E-state index in [-0.39, 0.29) is 12.5 Å². The van der Waals surface area contributed by atoms with E-state index in [9.17, 15) is 9.59 Å². The summed E-state index contributed by atoms with van der Waals surface area (Å²) in [6.07, 6.45) is 2.79. The molecule has 0 aliphatic rings. The van der Waals surface area contributed by atoms with E-state index in [1.165, 1.54) is 6.08 Å². The summed E-state index contributed by atoms with van der Waals surface area (Å²) in [7, 11) is 0. The van der Waals surface area contributed by atoms with E-state index < -0.39 is 11.9 Å². The zero-order valence-corrected chi connectivity index (χ0v) is 8.78. The highest BCUT2D eigenvalue weighted by atomic mass is 16.6. The first-order valence-electron chi connectivity index (χ1n) is 4.51. The molecule has 80 valence electrons. The molecule has 0 saturated heterocycles. The van der Waals surface area contributed by atoms with Crippen LogP contribution in [0.2, 0.25) is 0 Å². The van der Waals surface area contributed by atoms with Crippen molar-refractivity contribution in [1.82, 2.24) is 0 Å². The molecule has 0 aromatic heterocycles. The minimum Gasteiger partial charge on any atom is -0.463 e. The highest BCUT2D eigenvalue weighted by molar-refractivity contribution is 5.84. The van der Waals surface area contributed by atoms with E-state index in [0.29, 0.717) is 6.61 Å². The van der Waals surface area contributed by atoms with Gasteiger partial charge in [0.05, 0.1) is 6.61 Å². The standard InChI is InChI=1S/C10H16O4/c1-4-5-9(11)14-7-10(12)13-6-8(2)3/h4-5,8H,6-7H2,1-3H3/b5-4-. The van der Waals surface area contributed by atoms with Crippen molar-refractivity contribution in [3.05, 3.63) is 12.2 Å². The third kappa shape index (κ3) is 7.34. The van der Waals surface area contributed by atoms with Crippen LogP contribution in [0.15, 0.2) is 12.2 Å². The monoisotopic (exact) mass is 200 g/mol. The fraction of sp³-hybridized carbons (Fsp3) is 0.600. The number of allylic oxidation sites excluding steroid dienone is 1. The molecule has 0 heterocycles. The molecule has 0 radical (unpaired) electrons. The molecule has 0 rings (SSSR count). The van der Waals surface area contributed by atoms with Crippen molar-refractivity contribution in [3.8, 4) is 0 Å². The Hall–Kier alpha value is -1.32. The van der Waals surface area contributed by atoms with Crippen LogP contribution in [0, 0.1) is 5.92 Å². The molecule has 0 spiro atoms. The molecule has 0 saturated carbocycles. The maximum absolute atomic E-state index is 10.9. The van der Waals surface area contributed by atoms with Gasteiger partial charge < -0.3 is 9.47 Å². The quantitative estimate of drug-likeness (QED) is 0.496. The Morgan fingerprint density at radius 1 is 1.29 bits per heavy atom. The van der Waals surface area contributed by atoms with E-state index >= 15 is 0 Å². The lowest BCUT2D eigenvalue weighted by Crippen LogP contribution is -2.17. The number of carbonyl (C=O) groups is 2. The zero-order chi connectivity index (χ0) is 11.0. The Balaban J connectivity index is 3.59. The number of hydrogen-bond acceptors (Lipinski definition) is 4. The van der Waals surface area contributed by atoms with Crippen LogP contribution in [0.5, 0.6) is 0 Å². The summed E-state index contributed by atoms with van der Waals surface area (Å²) in [5.41, 5.74) is 0. The molecule has 4 nitrogen and oxygen atoms in total. The molecule has 14 heavy (non-hydrogen) atoms. The van der Waals surface area contributed by atoms with Gasteiger partial charge in [-0.05, 0) is 12.8 Å². The molecule has 0 aromatic carbocycles. The fourth-order valence-corrected chi connectivity index (χ4v) is 0.616. The van der Waals surface area contributed by atoms with Crippen molar-refractivity contribution >= 4 is 11.9 Å². The Morgan fingerprint density at radius 3 is 2.43 bits per heavy atom. The van der Waals surface area contributed by atoms with E-state index in [1.54, 1.807) is 13.0 Å². The zero-order valence-electron chi connectivity index (χ0n) is 8.78. The normalized spacial score (nSPS) is 10.6. The minimum absolute atomic E-state index is 0.283. The SMILES string of the molecule is C/C=C\C(=O)OCC(=O)OCC(C)C. The molecule has 0 unspecified atom stereocenters. The molecule has 0 bridgehead atoms. The van der Waals surface area contributed by atoms with Crippen LogP contribution in [0.1, 0.15) is 20.8 Å². The van der Waals surface area contributed by atoms with Gasteiger partial charge in [0.1, 0.15) is 0 Å². The molecule has 0 aromatic rings. The van der Waals surface area contributed by atoms with Crippen LogP contribution in [0.25, 0.3) is 0 Å². The summed E-state index contributed by atoms with van der Waals surface area (Å²) < 4.78 is 9.37. The van der Waals surface area contributed by atoms with Crippen molar-refractivity contribution in [3.63, 3.8) is 0 Å². The second-order valence-electron chi connectivity index (χ2n) is 3.18. The van der Waals surface area contributed by atoms with E-state index in [1.807, 2.05) is 13.8 Å². The summed E-state index contributed by atoms with van der Waals surface area (Å²) in [5, 5.41) is 0. The molecular weight excluding hydrogens is 184 g/mol. The molecule has 4 heteroatoms. The number of hydrogen-bond donors (Lipinski definition) is 0. The van der Waals surface area contributed by atoms with E-state index in [4.69, 9.17) is 4.74 Å². The average Bonchev–Trinajstić information content (AvgIpc) is 2.12. The maximum Gasteiger partial charge on any atom is 0.344 e. The molecule has 0 fully saturated rings.